The molecule has 10 heavy (non-hydrogen) atoms. The largest absolute Gasteiger partial charge is 0.247 e. The molecule has 2 atom stereocenters. The van der Waals surface area contributed by atoms with Gasteiger partial charge in [-0.15, -0.1) is 6.58 Å². The summed E-state index contributed by atoms with van der Waals surface area (Å²) in [5, 5.41) is 0.740. The highest BCUT2D eigenvalue weighted by molar-refractivity contribution is 6.30. The molecule has 0 aromatic carbocycles. The van der Waals surface area contributed by atoms with E-state index in [0.717, 1.165) is 5.03 Å². The fraction of sp³-hybridized carbons (Fsp3) is 0.500. The van der Waals surface area contributed by atoms with Crippen LogP contribution in [-0.2, 0) is 0 Å². The van der Waals surface area contributed by atoms with Gasteiger partial charge in [0.15, 0.2) is 0 Å². The van der Waals surface area contributed by atoms with Crippen LogP contribution >= 0.6 is 11.6 Å². The average molecular weight is 161 g/mol. The van der Waals surface area contributed by atoms with Crippen molar-refractivity contribution in [3.05, 3.63) is 23.8 Å². The lowest BCUT2D eigenvalue weighted by Crippen LogP contribution is -2.12. The average Bonchev–Trinajstić information content (AvgIpc) is 1.94. The normalized spacial score (nSPS) is 33.2. The molecule has 0 aromatic heterocycles. The molecule has 1 aliphatic carbocycles. The van der Waals surface area contributed by atoms with Crippen LogP contribution in [0.25, 0.3) is 0 Å². The van der Waals surface area contributed by atoms with Gasteiger partial charge in [-0.05, 0) is 12.8 Å². The molecule has 0 nitrogen and oxygen atoms in total. The van der Waals surface area contributed by atoms with E-state index in [1.165, 1.54) is 0 Å². The lowest BCUT2D eigenvalue weighted by Gasteiger charge is -2.18. The Hall–Kier alpha value is -0.300. The third-order valence-corrected chi connectivity index (χ3v) is 2.15. The van der Waals surface area contributed by atoms with Gasteiger partial charge < -0.3 is 0 Å². The second-order valence-electron chi connectivity index (χ2n) is 2.50. The van der Waals surface area contributed by atoms with Gasteiger partial charge in [0.2, 0.25) is 0 Å². The first-order chi connectivity index (χ1) is 4.74. The minimum Gasteiger partial charge on any atom is -0.247 e. The van der Waals surface area contributed by atoms with Crippen LogP contribution in [0, 0.1) is 5.92 Å². The van der Waals surface area contributed by atoms with E-state index >= 15 is 0 Å². The maximum atomic E-state index is 12.6. The molecule has 0 bridgehead atoms. The van der Waals surface area contributed by atoms with Gasteiger partial charge in [0.1, 0.15) is 6.17 Å². The fourth-order valence-corrected chi connectivity index (χ4v) is 1.35. The first-order valence-electron chi connectivity index (χ1n) is 3.36. The predicted octanol–water partition coefficient (Wildman–Crippen LogP) is 3.04. The van der Waals surface area contributed by atoms with Gasteiger partial charge in [-0.2, -0.15) is 0 Å². The van der Waals surface area contributed by atoms with Crippen molar-refractivity contribution < 1.29 is 4.39 Å². The maximum absolute atomic E-state index is 12.6. The first-order valence-corrected chi connectivity index (χ1v) is 3.74. The highest BCUT2D eigenvalue weighted by atomic mass is 35.5. The molecule has 0 aromatic rings. The smallest absolute Gasteiger partial charge is 0.105 e. The summed E-state index contributed by atoms with van der Waals surface area (Å²) in [4.78, 5) is 0. The van der Waals surface area contributed by atoms with Gasteiger partial charge in [-0.3, -0.25) is 0 Å². The topological polar surface area (TPSA) is 0 Å². The van der Waals surface area contributed by atoms with Crippen LogP contribution in [0.1, 0.15) is 12.8 Å². The SMILES string of the molecule is C=CC1CC(F)CC=C1Cl. The van der Waals surface area contributed by atoms with E-state index in [1.54, 1.807) is 12.2 Å². The molecule has 0 saturated carbocycles. The van der Waals surface area contributed by atoms with Crippen LogP contribution in [0.2, 0.25) is 0 Å². The molecule has 2 unspecified atom stereocenters. The lowest BCUT2D eigenvalue weighted by atomic mass is 9.94. The monoisotopic (exact) mass is 160 g/mol. The maximum Gasteiger partial charge on any atom is 0.105 e. The molecule has 0 spiro atoms. The van der Waals surface area contributed by atoms with Gasteiger partial charge in [0, 0.05) is 11.0 Å². The Morgan fingerprint density at radius 1 is 1.80 bits per heavy atom. The Balaban J connectivity index is 2.65. The van der Waals surface area contributed by atoms with E-state index in [9.17, 15) is 4.39 Å². The number of rotatable bonds is 1. The van der Waals surface area contributed by atoms with Gasteiger partial charge in [-0.1, -0.05) is 23.8 Å². The third-order valence-electron chi connectivity index (χ3n) is 1.72. The summed E-state index contributed by atoms with van der Waals surface area (Å²) in [6.45, 7) is 3.58. The first kappa shape index (κ1) is 7.80. The van der Waals surface area contributed by atoms with Crippen LogP contribution < -0.4 is 0 Å². The molecule has 0 amide bonds. The Bertz CT molecular complexity index is 163. The second-order valence-corrected chi connectivity index (χ2v) is 2.94. The summed E-state index contributed by atoms with van der Waals surface area (Å²) in [6.07, 6.45) is 3.67. The fourth-order valence-electron chi connectivity index (χ4n) is 1.08. The quantitative estimate of drug-likeness (QED) is 0.518. The second kappa shape index (κ2) is 3.20. The van der Waals surface area contributed by atoms with E-state index in [-0.39, 0.29) is 5.92 Å². The zero-order chi connectivity index (χ0) is 7.56. The van der Waals surface area contributed by atoms with Gasteiger partial charge in [0.25, 0.3) is 0 Å². The third kappa shape index (κ3) is 1.60. The van der Waals surface area contributed by atoms with Gasteiger partial charge >= 0.3 is 0 Å². The van der Waals surface area contributed by atoms with Crippen molar-refractivity contribution in [2.75, 3.05) is 0 Å². The molecule has 56 valence electrons. The van der Waals surface area contributed by atoms with Crippen LogP contribution in [-0.4, -0.2) is 6.17 Å². The van der Waals surface area contributed by atoms with E-state index in [2.05, 4.69) is 6.58 Å². The zero-order valence-electron chi connectivity index (χ0n) is 5.69. The van der Waals surface area contributed by atoms with E-state index < -0.39 is 6.17 Å². The van der Waals surface area contributed by atoms with Crippen molar-refractivity contribution in [2.24, 2.45) is 5.92 Å². The van der Waals surface area contributed by atoms with Crippen molar-refractivity contribution in [2.45, 2.75) is 19.0 Å². The summed E-state index contributed by atoms with van der Waals surface area (Å²) in [6, 6.07) is 0. The van der Waals surface area contributed by atoms with E-state index in [0.29, 0.717) is 12.8 Å². The molecule has 0 saturated heterocycles. The number of allylic oxidation sites excluding steroid dienone is 3. The van der Waals surface area contributed by atoms with Crippen LogP contribution in [0.5, 0.6) is 0 Å². The van der Waals surface area contributed by atoms with Crippen LogP contribution in [0.4, 0.5) is 4.39 Å². The van der Waals surface area contributed by atoms with Crippen molar-refractivity contribution >= 4 is 11.6 Å². The summed E-state index contributed by atoms with van der Waals surface area (Å²) >= 11 is 5.77. The van der Waals surface area contributed by atoms with E-state index in [4.69, 9.17) is 11.6 Å². The molecule has 0 aliphatic heterocycles. The lowest BCUT2D eigenvalue weighted by molar-refractivity contribution is 0.290. The van der Waals surface area contributed by atoms with Crippen molar-refractivity contribution in [3.8, 4) is 0 Å². The van der Waals surface area contributed by atoms with Crippen molar-refractivity contribution in [3.63, 3.8) is 0 Å². The molecule has 0 N–H and O–H groups in total. The molecule has 0 radical (unpaired) electrons. The van der Waals surface area contributed by atoms with Crippen LogP contribution in [0.15, 0.2) is 23.8 Å². The van der Waals surface area contributed by atoms with Crippen molar-refractivity contribution in [1.29, 1.82) is 0 Å². The zero-order valence-corrected chi connectivity index (χ0v) is 6.44. The van der Waals surface area contributed by atoms with E-state index in [1.807, 2.05) is 0 Å². The molecule has 2 heteroatoms. The number of hydrogen-bond donors (Lipinski definition) is 0. The molecule has 0 fully saturated rings. The summed E-state index contributed by atoms with van der Waals surface area (Å²) < 4.78 is 12.6. The summed E-state index contributed by atoms with van der Waals surface area (Å²) in [7, 11) is 0. The minimum absolute atomic E-state index is 0.0467. The Morgan fingerprint density at radius 2 is 2.50 bits per heavy atom. The Kier molecular flexibility index (Phi) is 2.50. The number of alkyl halides is 1. The molecular formula is C8H10ClF. The molecule has 1 aliphatic rings. The highest BCUT2D eigenvalue weighted by Crippen LogP contribution is 2.29. The summed E-state index contributed by atoms with van der Waals surface area (Å²) in [5.41, 5.74) is 0. The summed E-state index contributed by atoms with van der Waals surface area (Å²) in [5.74, 6) is 0.0467. The molecule has 0 heterocycles. The van der Waals surface area contributed by atoms with Crippen molar-refractivity contribution in [1.82, 2.24) is 0 Å². The molecular weight excluding hydrogens is 151 g/mol. The highest BCUT2D eigenvalue weighted by Gasteiger charge is 2.19. The Morgan fingerprint density at radius 3 is 3.00 bits per heavy atom. The standard InChI is InChI=1S/C8H10ClF/c1-2-6-5-7(10)3-4-8(6)9/h2,4,6-7H,1,3,5H2. The van der Waals surface area contributed by atoms with Gasteiger partial charge in [-0.25, -0.2) is 4.39 Å². The van der Waals surface area contributed by atoms with Gasteiger partial charge in [0.05, 0.1) is 0 Å². The number of hydrogen-bond acceptors (Lipinski definition) is 0. The van der Waals surface area contributed by atoms with Crippen LogP contribution in [0.3, 0.4) is 0 Å². The Labute approximate surface area is 65.4 Å². The molecule has 1 rings (SSSR count). The number of halogens is 2. The minimum atomic E-state index is -0.731. The predicted molar refractivity (Wildman–Crippen MR) is 41.8 cm³/mol.